The lowest BCUT2D eigenvalue weighted by molar-refractivity contribution is 0.311. The van der Waals surface area contributed by atoms with Crippen LogP contribution in [-0.4, -0.2) is 36.5 Å². The van der Waals surface area contributed by atoms with Crippen molar-refractivity contribution in [3.8, 4) is 16.9 Å². The summed E-state index contributed by atoms with van der Waals surface area (Å²) >= 11 is 0. The van der Waals surface area contributed by atoms with Gasteiger partial charge in [-0.2, -0.15) is 0 Å². The van der Waals surface area contributed by atoms with Gasteiger partial charge in [0.1, 0.15) is 5.82 Å². The molecule has 158 valence electrons. The molecular formula is C24H24N4O2S. The van der Waals surface area contributed by atoms with E-state index in [2.05, 4.69) is 41.6 Å². The Bertz CT molecular complexity index is 1390. The highest BCUT2D eigenvalue weighted by Crippen LogP contribution is 2.33. The second kappa shape index (κ2) is 7.30. The number of primary sulfonamides is 1. The van der Waals surface area contributed by atoms with Gasteiger partial charge in [-0.25, -0.2) is 18.5 Å². The molecule has 0 spiro atoms. The van der Waals surface area contributed by atoms with E-state index in [-0.39, 0.29) is 4.90 Å². The molecule has 1 aliphatic rings. The number of likely N-dealkylation sites (N-methyl/N-ethyl adjacent to an activating group) is 1. The lowest BCUT2D eigenvalue weighted by Gasteiger charge is -2.24. The number of hydrogen-bond donors (Lipinski definition) is 1. The highest BCUT2D eigenvalue weighted by atomic mass is 32.2. The Hall–Kier alpha value is -3.00. The summed E-state index contributed by atoms with van der Waals surface area (Å²) in [6.07, 6.45) is 2.82. The SMILES string of the molecule is Cc1ccc2c(c1)c1c(n2-c2ccc(-c3ccc(S(N)(=O)=O)cc3)cn2)CCN(C)C1. The molecule has 0 fully saturated rings. The maximum Gasteiger partial charge on any atom is 0.238 e. The molecule has 0 unspecified atom stereocenters. The molecule has 0 saturated heterocycles. The summed E-state index contributed by atoms with van der Waals surface area (Å²) in [4.78, 5) is 7.24. The van der Waals surface area contributed by atoms with Crippen LogP contribution in [-0.2, 0) is 23.0 Å². The van der Waals surface area contributed by atoms with Crippen molar-refractivity contribution in [1.82, 2.24) is 14.5 Å². The Balaban J connectivity index is 1.58. The van der Waals surface area contributed by atoms with Crippen molar-refractivity contribution in [1.29, 1.82) is 0 Å². The number of pyridine rings is 1. The zero-order chi connectivity index (χ0) is 21.8. The van der Waals surface area contributed by atoms with Crippen molar-refractivity contribution in [3.63, 3.8) is 0 Å². The van der Waals surface area contributed by atoms with Gasteiger partial charge in [-0.3, -0.25) is 4.57 Å². The molecule has 2 aromatic heterocycles. The van der Waals surface area contributed by atoms with Gasteiger partial charge < -0.3 is 4.90 Å². The van der Waals surface area contributed by atoms with Crippen LogP contribution in [0.3, 0.4) is 0 Å². The van der Waals surface area contributed by atoms with Gasteiger partial charge in [0, 0.05) is 42.4 Å². The molecule has 0 bridgehead atoms. The molecule has 2 N–H and O–H groups in total. The highest BCUT2D eigenvalue weighted by molar-refractivity contribution is 7.89. The van der Waals surface area contributed by atoms with E-state index in [1.165, 1.54) is 39.9 Å². The van der Waals surface area contributed by atoms with Gasteiger partial charge in [-0.15, -0.1) is 0 Å². The van der Waals surface area contributed by atoms with Crippen LogP contribution in [0.15, 0.2) is 65.7 Å². The lowest BCUT2D eigenvalue weighted by Crippen LogP contribution is -2.27. The van der Waals surface area contributed by atoms with Crippen LogP contribution in [0.1, 0.15) is 16.8 Å². The normalized spacial score (nSPS) is 14.7. The van der Waals surface area contributed by atoms with Gasteiger partial charge in [0.15, 0.2) is 0 Å². The smallest absolute Gasteiger partial charge is 0.238 e. The molecule has 3 heterocycles. The molecule has 1 aliphatic heterocycles. The van der Waals surface area contributed by atoms with Crippen LogP contribution >= 0.6 is 0 Å². The summed E-state index contributed by atoms with van der Waals surface area (Å²) in [7, 11) is -1.53. The van der Waals surface area contributed by atoms with Crippen molar-refractivity contribution in [3.05, 3.63) is 77.6 Å². The molecule has 0 atom stereocenters. The van der Waals surface area contributed by atoms with Crippen molar-refractivity contribution in [2.24, 2.45) is 5.14 Å². The van der Waals surface area contributed by atoms with E-state index >= 15 is 0 Å². The van der Waals surface area contributed by atoms with E-state index in [9.17, 15) is 8.42 Å². The molecule has 0 radical (unpaired) electrons. The Kier molecular flexibility index (Phi) is 4.69. The number of nitrogens with zero attached hydrogens (tertiary/aromatic N) is 3. The zero-order valence-electron chi connectivity index (χ0n) is 17.5. The molecule has 7 heteroatoms. The second-order valence-corrected chi connectivity index (χ2v) is 9.80. The van der Waals surface area contributed by atoms with Crippen LogP contribution < -0.4 is 5.14 Å². The fourth-order valence-electron chi connectivity index (χ4n) is 4.40. The fourth-order valence-corrected chi connectivity index (χ4v) is 4.91. The number of fused-ring (bicyclic) bond motifs is 3. The predicted octanol–water partition coefficient (Wildman–Crippen LogP) is 3.64. The van der Waals surface area contributed by atoms with E-state index in [1.807, 2.05) is 18.3 Å². The first-order valence-electron chi connectivity index (χ1n) is 10.2. The van der Waals surface area contributed by atoms with Gasteiger partial charge in [0.2, 0.25) is 10.0 Å². The molecule has 5 rings (SSSR count). The van der Waals surface area contributed by atoms with Gasteiger partial charge in [-0.05, 0) is 61.5 Å². The Morgan fingerprint density at radius 3 is 2.42 bits per heavy atom. The lowest BCUT2D eigenvalue weighted by atomic mass is 10.0. The quantitative estimate of drug-likeness (QED) is 0.536. The van der Waals surface area contributed by atoms with E-state index in [1.54, 1.807) is 12.1 Å². The van der Waals surface area contributed by atoms with Crippen molar-refractivity contribution in [2.75, 3.05) is 13.6 Å². The number of sulfonamides is 1. The van der Waals surface area contributed by atoms with Crippen LogP contribution in [0.4, 0.5) is 0 Å². The third-order valence-electron chi connectivity index (χ3n) is 5.99. The molecule has 0 aliphatic carbocycles. The van der Waals surface area contributed by atoms with Crippen LogP contribution in [0.25, 0.3) is 27.8 Å². The van der Waals surface area contributed by atoms with E-state index in [0.29, 0.717) is 0 Å². The largest absolute Gasteiger partial charge is 0.302 e. The molecule has 4 aromatic rings. The maximum absolute atomic E-state index is 11.5. The summed E-state index contributed by atoms with van der Waals surface area (Å²) in [5.74, 6) is 0.893. The van der Waals surface area contributed by atoms with E-state index in [0.717, 1.165) is 36.5 Å². The topological polar surface area (TPSA) is 81.2 Å². The number of nitrogens with two attached hydrogens (primary N) is 1. The van der Waals surface area contributed by atoms with Gasteiger partial charge in [0.25, 0.3) is 0 Å². The summed E-state index contributed by atoms with van der Waals surface area (Å²) in [5.41, 5.74) is 6.97. The minimum Gasteiger partial charge on any atom is -0.302 e. The molecule has 0 saturated carbocycles. The number of aryl methyl sites for hydroxylation is 1. The van der Waals surface area contributed by atoms with Gasteiger partial charge >= 0.3 is 0 Å². The van der Waals surface area contributed by atoms with Crippen molar-refractivity contribution < 1.29 is 8.42 Å². The third-order valence-corrected chi connectivity index (χ3v) is 6.92. The van der Waals surface area contributed by atoms with Crippen LogP contribution in [0.5, 0.6) is 0 Å². The van der Waals surface area contributed by atoms with Crippen LogP contribution in [0.2, 0.25) is 0 Å². The van der Waals surface area contributed by atoms with E-state index < -0.39 is 10.0 Å². The summed E-state index contributed by atoms with van der Waals surface area (Å²) in [6, 6.07) is 17.2. The van der Waals surface area contributed by atoms with Crippen molar-refractivity contribution in [2.45, 2.75) is 24.8 Å². The minimum absolute atomic E-state index is 0.103. The molecule has 2 aromatic carbocycles. The van der Waals surface area contributed by atoms with E-state index in [4.69, 9.17) is 10.1 Å². The average Bonchev–Trinajstić information content (AvgIpc) is 3.06. The second-order valence-electron chi connectivity index (χ2n) is 8.24. The molecule has 31 heavy (non-hydrogen) atoms. The molecule has 0 amide bonds. The number of aromatic nitrogens is 2. The maximum atomic E-state index is 11.5. The summed E-state index contributed by atoms with van der Waals surface area (Å²) in [5, 5.41) is 6.49. The summed E-state index contributed by atoms with van der Waals surface area (Å²) < 4.78 is 25.2. The predicted molar refractivity (Wildman–Crippen MR) is 123 cm³/mol. The Morgan fingerprint density at radius 2 is 1.74 bits per heavy atom. The first-order valence-corrected chi connectivity index (χ1v) is 11.8. The van der Waals surface area contributed by atoms with Crippen LogP contribution in [0, 0.1) is 6.92 Å². The number of benzene rings is 2. The zero-order valence-corrected chi connectivity index (χ0v) is 18.4. The minimum atomic E-state index is -3.70. The average molecular weight is 433 g/mol. The first kappa shape index (κ1) is 19.9. The fraction of sp³-hybridized carbons (Fsp3) is 0.208. The standard InChI is InChI=1S/C24H24N4O2S/c1-16-3-9-22-20(13-16)21-15-27(2)12-11-23(21)28(22)24-10-6-18(14-26-24)17-4-7-19(8-5-17)31(25,29)30/h3-10,13-14H,11-12,15H2,1-2H3,(H2,25,29,30). The first-order chi connectivity index (χ1) is 14.8. The Morgan fingerprint density at radius 1 is 1.00 bits per heavy atom. The molecular weight excluding hydrogens is 408 g/mol. The van der Waals surface area contributed by atoms with Gasteiger partial charge in [-0.1, -0.05) is 23.8 Å². The van der Waals surface area contributed by atoms with Gasteiger partial charge in [0.05, 0.1) is 10.4 Å². The third kappa shape index (κ3) is 3.54. The Labute approximate surface area is 182 Å². The number of rotatable bonds is 3. The summed E-state index contributed by atoms with van der Waals surface area (Å²) in [6.45, 7) is 4.09. The molecule has 6 nitrogen and oxygen atoms in total. The van der Waals surface area contributed by atoms with Crippen molar-refractivity contribution >= 4 is 20.9 Å². The highest BCUT2D eigenvalue weighted by Gasteiger charge is 2.23. The monoisotopic (exact) mass is 432 g/mol. The number of hydrogen-bond acceptors (Lipinski definition) is 4.